The van der Waals surface area contributed by atoms with Crippen LogP contribution in [0.15, 0.2) is 30.3 Å². The van der Waals surface area contributed by atoms with Gasteiger partial charge >= 0.3 is 0 Å². The van der Waals surface area contributed by atoms with E-state index in [0.29, 0.717) is 0 Å². The van der Waals surface area contributed by atoms with Crippen molar-refractivity contribution in [3.63, 3.8) is 0 Å². The number of para-hydroxylation sites is 1. The smallest absolute Gasteiger partial charge is 0.0726 e. The first kappa shape index (κ1) is 16.3. The van der Waals surface area contributed by atoms with Crippen LogP contribution in [-0.2, 0) is 6.42 Å². The van der Waals surface area contributed by atoms with Crippen LogP contribution < -0.4 is 4.90 Å². The fourth-order valence-corrected chi connectivity index (χ4v) is 3.77. The number of hydrogen-bond donors (Lipinski definition) is 0. The van der Waals surface area contributed by atoms with Crippen LogP contribution in [0.3, 0.4) is 0 Å². The molecular weight excluding hydrogens is 282 g/mol. The molecule has 3 heteroatoms. The summed E-state index contributed by atoms with van der Waals surface area (Å²) in [6.07, 6.45) is 3.53. The summed E-state index contributed by atoms with van der Waals surface area (Å²) in [5.41, 5.74) is 3.71. The average Bonchev–Trinajstić information content (AvgIpc) is 3.02. The van der Waals surface area contributed by atoms with Crippen LogP contribution in [0.5, 0.6) is 0 Å². The van der Waals surface area contributed by atoms with E-state index in [1.54, 1.807) is 0 Å². The van der Waals surface area contributed by atoms with Crippen LogP contribution in [0.1, 0.15) is 32.4 Å². The fraction of sp³-hybridized carbons (Fsp3) is 0.550. The predicted molar refractivity (Wildman–Crippen MR) is 99.2 cm³/mol. The van der Waals surface area contributed by atoms with Crippen molar-refractivity contribution >= 4 is 16.6 Å². The number of benzene rings is 1. The normalized spacial score (nSPS) is 18.3. The summed E-state index contributed by atoms with van der Waals surface area (Å²) in [7, 11) is 2.25. The van der Waals surface area contributed by atoms with Crippen molar-refractivity contribution in [3.05, 3.63) is 36.0 Å². The SMILES string of the molecule is CCCN(C)CC1CCN(c2cc(CC)nc3ccccc23)C1. The zero-order chi connectivity index (χ0) is 16.2. The largest absolute Gasteiger partial charge is 0.371 e. The first-order valence-corrected chi connectivity index (χ1v) is 9.03. The third kappa shape index (κ3) is 3.66. The number of rotatable bonds is 6. The molecule has 1 unspecified atom stereocenters. The van der Waals surface area contributed by atoms with Gasteiger partial charge in [0.1, 0.15) is 0 Å². The van der Waals surface area contributed by atoms with E-state index in [9.17, 15) is 0 Å². The van der Waals surface area contributed by atoms with E-state index in [0.717, 1.165) is 17.9 Å². The molecule has 0 radical (unpaired) electrons. The first-order chi connectivity index (χ1) is 11.2. The lowest BCUT2D eigenvalue weighted by Gasteiger charge is -2.23. The third-order valence-electron chi connectivity index (χ3n) is 4.91. The van der Waals surface area contributed by atoms with E-state index in [1.165, 1.54) is 55.8 Å². The predicted octanol–water partition coefficient (Wildman–Crippen LogP) is 3.97. The second-order valence-electron chi connectivity index (χ2n) is 6.87. The van der Waals surface area contributed by atoms with Crippen LogP contribution in [-0.4, -0.2) is 43.1 Å². The Labute approximate surface area is 140 Å². The molecule has 124 valence electrons. The second kappa shape index (κ2) is 7.31. The number of pyridine rings is 1. The van der Waals surface area contributed by atoms with Gasteiger partial charge in [0.05, 0.1) is 5.52 Å². The highest BCUT2D eigenvalue weighted by Crippen LogP contribution is 2.31. The van der Waals surface area contributed by atoms with Gasteiger partial charge < -0.3 is 9.80 Å². The van der Waals surface area contributed by atoms with Crippen molar-refractivity contribution in [1.82, 2.24) is 9.88 Å². The van der Waals surface area contributed by atoms with Crippen LogP contribution in [0.25, 0.3) is 10.9 Å². The Morgan fingerprint density at radius 1 is 1.26 bits per heavy atom. The Balaban J connectivity index is 1.81. The molecule has 2 heterocycles. The number of anilines is 1. The van der Waals surface area contributed by atoms with Crippen molar-refractivity contribution < 1.29 is 0 Å². The minimum absolute atomic E-state index is 0.781. The fourth-order valence-electron chi connectivity index (χ4n) is 3.77. The Kier molecular flexibility index (Phi) is 5.16. The summed E-state index contributed by atoms with van der Waals surface area (Å²) in [6.45, 7) is 9.20. The maximum Gasteiger partial charge on any atom is 0.0726 e. The van der Waals surface area contributed by atoms with Crippen molar-refractivity contribution in [3.8, 4) is 0 Å². The summed E-state index contributed by atoms with van der Waals surface area (Å²) in [5, 5.41) is 1.30. The number of hydrogen-bond acceptors (Lipinski definition) is 3. The van der Waals surface area contributed by atoms with Gasteiger partial charge in [-0.1, -0.05) is 32.0 Å². The van der Waals surface area contributed by atoms with E-state index in [4.69, 9.17) is 4.98 Å². The molecule has 0 amide bonds. The highest BCUT2D eigenvalue weighted by atomic mass is 15.2. The Hall–Kier alpha value is -1.61. The molecule has 23 heavy (non-hydrogen) atoms. The molecule has 3 rings (SSSR count). The molecule has 1 atom stereocenters. The van der Waals surface area contributed by atoms with E-state index in [1.807, 2.05) is 0 Å². The lowest BCUT2D eigenvalue weighted by Crippen LogP contribution is -2.29. The lowest BCUT2D eigenvalue weighted by molar-refractivity contribution is 0.287. The molecule has 0 N–H and O–H groups in total. The monoisotopic (exact) mass is 311 g/mol. The standard InChI is InChI=1S/C20H29N3/c1-4-11-22(3)14-16-10-12-23(15-16)20-13-17(5-2)21-19-9-7-6-8-18(19)20/h6-9,13,16H,4-5,10-12,14-15H2,1-3H3. The van der Waals surface area contributed by atoms with Gasteiger partial charge in [-0.25, -0.2) is 0 Å². The van der Waals surface area contributed by atoms with Crippen LogP contribution in [0.4, 0.5) is 5.69 Å². The Bertz CT molecular complexity index is 652. The molecule has 1 saturated heterocycles. The van der Waals surface area contributed by atoms with Gasteiger partial charge in [-0.2, -0.15) is 0 Å². The van der Waals surface area contributed by atoms with E-state index >= 15 is 0 Å². The van der Waals surface area contributed by atoms with Gasteiger partial charge in [0, 0.05) is 36.4 Å². The minimum atomic E-state index is 0.781. The molecular formula is C20H29N3. The third-order valence-corrected chi connectivity index (χ3v) is 4.91. The number of aryl methyl sites for hydroxylation is 1. The molecule has 0 aliphatic carbocycles. The molecule has 1 aromatic heterocycles. The number of aromatic nitrogens is 1. The van der Waals surface area contributed by atoms with Gasteiger partial charge in [-0.05, 0) is 50.9 Å². The van der Waals surface area contributed by atoms with Crippen molar-refractivity contribution in [2.24, 2.45) is 5.92 Å². The molecule has 0 bridgehead atoms. The maximum atomic E-state index is 4.78. The summed E-state index contributed by atoms with van der Waals surface area (Å²) in [4.78, 5) is 9.84. The van der Waals surface area contributed by atoms with E-state index in [-0.39, 0.29) is 0 Å². The summed E-state index contributed by atoms with van der Waals surface area (Å²) in [5.74, 6) is 0.781. The van der Waals surface area contributed by atoms with Crippen molar-refractivity contribution in [2.75, 3.05) is 38.1 Å². The molecule has 0 saturated carbocycles. The number of fused-ring (bicyclic) bond motifs is 1. The quantitative estimate of drug-likeness (QED) is 0.805. The highest BCUT2D eigenvalue weighted by Gasteiger charge is 2.25. The molecule has 1 fully saturated rings. The maximum absolute atomic E-state index is 4.78. The van der Waals surface area contributed by atoms with Crippen LogP contribution in [0.2, 0.25) is 0 Å². The molecule has 1 aromatic carbocycles. The van der Waals surface area contributed by atoms with E-state index < -0.39 is 0 Å². The zero-order valence-electron chi connectivity index (χ0n) is 14.8. The zero-order valence-corrected chi connectivity index (χ0v) is 14.8. The summed E-state index contributed by atoms with van der Waals surface area (Å²) < 4.78 is 0. The van der Waals surface area contributed by atoms with Crippen LogP contribution in [0, 0.1) is 5.92 Å². The molecule has 0 spiro atoms. The van der Waals surface area contributed by atoms with Crippen molar-refractivity contribution in [2.45, 2.75) is 33.1 Å². The second-order valence-corrected chi connectivity index (χ2v) is 6.87. The topological polar surface area (TPSA) is 19.4 Å². The van der Waals surface area contributed by atoms with Gasteiger partial charge in [0.15, 0.2) is 0 Å². The molecule has 1 aliphatic rings. The highest BCUT2D eigenvalue weighted by molar-refractivity contribution is 5.92. The van der Waals surface area contributed by atoms with Gasteiger partial charge in [-0.3, -0.25) is 4.98 Å². The van der Waals surface area contributed by atoms with Gasteiger partial charge in [0.25, 0.3) is 0 Å². The first-order valence-electron chi connectivity index (χ1n) is 9.03. The van der Waals surface area contributed by atoms with E-state index in [2.05, 4.69) is 61.0 Å². The average molecular weight is 311 g/mol. The van der Waals surface area contributed by atoms with Gasteiger partial charge in [0.2, 0.25) is 0 Å². The van der Waals surface area contributed by atoms with Gasteiger partial charge in [-0.15, -0.1) is 0 Å². The Morgan fingerprint density at radius 3 is 2.87 bits per heavy atom. The van der Waals surface area contributed by atoms with Crippen LogP contribution >= 0.6 is 0 Å². The molecule has 2 aromatic rings. The molecule has 1 aliphatic heterocycles. The lowest BCUT2D eigenvalue weighted by atomic mass is 10.1. The summed E-state index contributed by atoms with van der Waals surface area (Å²) >= 11 is 0. The minimum Gasteiger partial charge on any atom is -0.371 e. The summed E-state index contributed by atoms with van der Waals surface area (Å²) in [6, 6.07) is 10.9. The van der Waals surface area contributed by atoms with Crippen molar-refractivity contribution in [1.29, 1.82) is 0 Å². The Morgan fingerprint density at radius 2 is 2.09 bits per heavy atom. The molecule has 3 nitrogen and oxygen atoms in total. The number of nitrogens with zero attached hydrogens (tertiary/aromatic N) is 3.